The van der Waals surface area contributed by atoms with Gasteiger partial charge in [-0.25, -0.2) is 0 Å². The number of carbonyl (C=O) groups is 1. The zero-order chi connectivity index (χ0) is 17.8. The molecular formula is C22H27N3O. The number of pyridine rings is 1. The van der Waals surface area contributed by atoms with Crippen LogP contribution in [-0.4, -0.2) is 35.4 Å². The van der Waals surface area contributed by atoms with Crippen LogP contribution in [0.3, 0.4) is 0 Å². The highest BCUT2D eigenvalue weighted by atomic mass is 16.2. The molecule has 1 aromatic carbocycles. The van der Waals surface area contributed by atoms with Gasteiger partial charge in [-0.15, -0.1) is 0 Å². The zero-order valence-corrected chi connectivity index (χ0v) is 15.2. The topological polar surface area (TPSA) is 45.2 Å². The fraction of sp³-hybridized carbons (Fsp3) is 0.455. The Bertz CT molecular complexity index is 719. The van der Waals surface area contributed by atoms with Gasteiger partial charge in [-0.3, -0.25) is 14.7 Å². The van der Waals surface area contributed by atoms with Crippen LogP contribution in [-0.2, 0) is 11.3 Å². The Kier molecular flexibility index (Phi) is 5.30. The third kappa shape index (κ3) is 4.31. The van der Waals surface area contributed by atoms with E-state index in [0.717, 1.165) is 32.6 Å². The monoisotopic (exact) mass is 349 g/mol. The molecule has 2 fully saturated rings. The van der Waals surface area contributed by atoms with Gasteiger partial charge in [-0.2, -0.15) is 0 Å². The van der Waals surface area contributed by atoms with E-state index in [2.05, 4.69) is 45.5 Å². The molecule has 0 radical (unpaired) electrons. The van der Waals surface area contributed by atoms with E-state index in [0.29, 0.717) is 11.8 Å². The van der Waals surface area contributed by atoms with Crippen molar-refractivity contribution in [3.05, 3.63) is 66.0 Å². The second-order valence-corrected chi connectivity index (χ2v) is 7.71. The van der Waals surface area contributed by atoms with Gasteiger partial charge in [0.25, 0.3) is 0 Å². The number of aromatic nitrogens is 1. The van der Waals surface area contributed by atoms with Crippen molar-refractivity contribution in [1.82, 2.24) is 15.2 Å². The fourth-order valence-electron chi connectivity index (χ4n) is 4.14. The summed E-state index contributed by atoms with van der Waals surface area (Å²) in [5.41, 5.74) is 2.56. The van der Waals surface area contributed by atoms with Crippen molar-refractivity contribution in [3.63, 3.8) is 0 Å². The lowest BCUT2D eigenvalue weighted by Crippen LogP contribution is -2.41. The molecule has 2 aromatic rings. The minimum Gasteiger partial charge on any atom is -0.356 e. The molecule has 1 aliphatic heterocycles. The summed E-state index contributed by atoms with van der Waals surface area (Å²) in [6, 6.07) is 14.5. The van der Waals surface area contributed by atoms with Crippen LogP contribution in [0.4, 0.5) is 0 Å². The lowest BCUT2D eigenvalue weighted by molar-refractivity contribution is -0.122. The number of rotatable bonds is 6. The molecule has 4 nitrogen and oxygen atoms in total. The highest BCUT2D eigenvalue weighted by Gasteiger charge is 2.43. The fourth-order valence-corrected chi connectivity index (χ4v) is 4.14. The molecule has 1 N–H and O–H groups in total. The van der Waals surface area contributed by atoms with E-state index in [4.69, 9.17) is 0 Å². The standard InChI is InChI=1S/C22H27N3O/c26-22(21-12-20(21)19-8-2-1-3-9-19)24-14-18-7-5-11-25(16-18)15-17-6-4-10-23-13-17/h1-4,6,8-10,13,18,20-21H,5,7,11-12,14-16H2,(H,24,26). The molecule has 3 unspecified atom stereocenters. The molecule has 4 rings (SSSR count). The number of piperidine rings is 1. The van der Waals surface area contributed by atoms with Crippen LogP contribution in [0.25, 0.3) is 0 Å². The summed E-state index contributed by atoms with van der Waals surface area (Å²) in [6.07, 6.45) is 7.17. The normalized spacial score (nSPS) is 25.6. The minimum atomic E-state index is 0.174. The second kappa shape index (κ2) is 8.00. The molecule has 1 aliphatic carbocycles. The Labute approximate surface area is 155 Å². The molecular weight excluding hydrogens is 322 g/mol. The Morgan fingerprint density at radius 3 is 2.88 bits per heavy atom. The summed E-state index contributed by atoms with van der Waals surface area (Å²) >= 11 is 0. The maximum absolute atomic E-state index is 12.5. The minimum absolute atomic E-state index is 0.174. The average molecular weight is 349 g/mol. The summed E-state index contributed by atoms with van der Waals surface area (Å²) in [6.45, 7) is 3.96. The van der Waals surface area contributed by atoms with Crippen LogP contribution in [0.2, 0.25) is 0 Å². The van der Waals surface area contributed by atoms with Crippen molar-refractivity contribution in [2.24, 2.45) is 11.8 Å². The maximum atomic E-state index is 12.5. The van der Waals surface area contributed by atoms with Crippen LogP contribution in [0, 0.1) is 11.8 Å². The highest BCUT2D eigenvalue weighted by molar-refractivity contribution is 5.82. The van der Waals surface area contributed by atoms with E-state index in [9.17, 15) is 4.79 Å². The summed E-state index contributed by atoms with van der Waals surface area (Å²) in [5, 5.41) is 3.22. The predicted molar refractivity (Wildman–Crippen MR) is 103 cm³/mol. The van der Waals surface area contributed by atoms with Crippen molar-refractivity contribution >= 4 is 5.91 Å². The average Bonchev–Trinajstić information content (AvgIpc) is 3.49. The number of hydrogen-bond donors (Lipinski definition) is 1. The maximum Gasteiger partial charge on any atom is 0.223 e. The Balaban J connectivity index is 1.23. The smallest absolute Gasteiger partial charge is 0.223 e. The Morgan fingerprint density at radius 1 is 1.19 bits per heavy atom. The predicted octanol–water partition coefficient (Wildman–Crippen LogP) is 3.21. The van der Waals surface area contributed by atoms with Crippen LogP contribution >= 0.6 is 0 Å². The van der Waals surface area contributed by atoms with Gasteiger partial charge < -0.3 is 5.32 Å². The van der Waals surface area contributed by atoms with Gasteiger partial charge >= 0.3 is 0 Å². The van der Waals surface area contributed by atoms with Gasteiger partial charge in [-0.1, -0.05) is 36.4 Å². The zero-order valence-electron chi connectivity index (χ0n) is 15.2. The Morgan fingerprint density at radius 2 is 2.08 bits per heavy atom. The summed E-state index contributed by atoms with van der Waals surface area (Å²) < 4.78 is 0. The number of carbonyl (C=O) groups excluding carboxylic acids is 1. The molecule has 3 atom stereocenters. The van der Waals surface area contributed by atoms with E-state index < -0.39 is 0 Å². The van der Waals surface area contributed by atoms with Crippen molar-refractivity contribution in [2.75, 3.05) is 19.6 Å². The number of hydrogen-bond acceptors (Lipinski definition) is 3. The molecule has 136 valence electrons. The van der Waals surface area contributed by atoms with Gasteiger partial charge in [0.05, 0.1) is 0 Å². The molecule has 4 heteroatoms. The molecule has 0 bridgehead atoms. The number of nitrogens with zero attached hydrogens (tertiary/aromatic N) is 2. The summed E-state index contributed by atoms with van der Waals surface area (Å²) in [5.74, 6) is 1.39. The van der Waals surface area contributed by atoms with Crippen LogP contribution < -0.4 is 5.32 Å². The summed E-state index contributed by atoms with van der Waals surface area (Å²) in [7, 11) is 0. The summed E-state index contributed by atoms with van der Waals surface area (Å²) in [4.78, 5) is 19.2. The van der Waals surface area contributed by atoms with Gasteiger partial charge in [0.2, 0.25) is 5.91 Å². The first-order valence-electron chi connectivity index (χ1n) is 9.73. The van der Waals surface area contributed by atoms with Gasteiger partial charge in [-0.05, 0) is 54.8 Å². The number of benzene rings is 1. The van der Waals surface area contributed by atoms with Crippen molar-refractivity contribution in [1.29, 1.82) is 0 Å². The van der Waals surface area contributed by atoms with Gasteiger partial charge in [0.15, 0.2) is 0 Å². The van der Waals surface area contributed by atoms with Gasteiger partial charge in [0, 0.05) is 37.9 Å². The first-order valence-corrected chi connectivity index (χ1v) is 9.73. The van der Waals surface area contributed by atoms with E-state index in [1.807, 2.05) is 24.5 Å². The van der Waals surface area contributed by atoms with E-state index in [1.54, 1.807) is 0 Å². The lowest BCUT2D eigenvalue weighted by atomic mass is 9.97. The quantitative estimate of drug-likeness (QED) is 0.871. The largest absolute Gasteiger partial charge is 0.356 e. The Hall–Kier alpha value is -2.20. The van der Waals surface area contributed by atoms with E-state index in [-0.39, 0.29) is 11.8 Å². The van der Waals surface area contributed by atoms with E-state index in [1.165, 1.54) is 24.0 Å². The highest BCUT2D eigenvalue weighted by Crippen LogP contribution is 2.47. The van der Waals surface area contributed by atoms with Crippen LogP contribution in [0.1, 0.15) is 36.3 Å². The van der Waals surface area contributed by atoms with Crippen LogP contribution in [0.5, 0.6) is 0 Å². The first-order chi connectivity index (χ1) is 12.8. The molecule has 2 heterocycles. The second-order valence-electron chi connectivity index (χ2n) is 7.71. The molecule has 2 aliphatic rings. The first kappa shape index (κ1) is 17.2. The number of nitrogens with one attached hydrogen (secondary N) is 1. The SMILES string of the molecule is O=C(NCC1CCCN(Cc2cccnc2)C1)C1CC1c1ccccc1. The number of amides is 1. The third-order valence-corrected chi connectivity index (χ3v) is 5.65. The molecule has 26 heavy (non-hydrogen) atoms. The van der Waals surface area contributed by atoms with Crippen LogP contribution in [0.15, 0.2) is 54.9 Å². The molecule has 0 spiro atoms. The van der Waals surface area contributed by atoms with Crippen molar-refractivity contribution in [2.45, 2.75) is 31.7 Å². The molecule has 1 amide bonds. The lowest BCUT2D eigenvalue weighted by Gasteiger charge is -2.32. The van der Waals surface area contributed by atoms with E-state index >= 15 is 0 Å². The van der Waals surface area contributed by atoms with Gasteiger partial charge in [0.1, 0.15) is 0 Å². The van der Waals surface area contributed by atoms with Crippen molar-refractivity contribution < 1.29 is 4.79 Å². The molecule has 1 saturated heterocycles. The molecule has 1 aromatic heterocycles. The molecule has 1 saturated carbocycles. The van der Waals surface area contributed by atoms with Crippen molar-refractivity contribution in [3.8, 4) is 0 Å². The number of likely N-dealkylation sites (tertiary alicyclic amines) is 1. The third-order valence-electron chi connectivity index (χ3n) is 5.65.